The van der Waals surface area contributed by atoms with Crippen LogP contribution in [0.4, 0.5) is 0 Å². The van der Waals surface area contributed by atoms with E-state index in [2.05, 4.69) is 15.9 Å². The number of hydrogen-bond donors (Lipinski definition) is 1. The highest BCUT2D eigenvalue weighted by molar-refractivity contribution is 9.10. The third-order valence-electron chi connectivity index (χ3n) is 3.09. The van der Waals surface area contributed by atoms with Crippen LogP contribution in [0.1, 0.15) is 17.2 Å². The number of ether oxygens (including phenoxy) is 1. The first kappa shape index (κ1) is 17.6. The summed E-state index contributed by atoms with van der Waals surface area (Å²) in [5.74, 6) is -1.06. The quantitative estimate of drug-likeness (QED) is 0.600. The Morgan fingerprint density at radius 1 is 1.22 bits per heavy atom. The lowest BCUT2D eigenvalue weighted by atomic mass is 10.1. The number of carbonyl (C=O) groups excluding carboxylic acids is 2. The van der Waals surface area contributed by atoms with Gasteiger partial charge in [0, 0.05) is 14.9 Å². The highest BCUT2D eigenvalue weighted by Gasteiger charge is 2.22. The largest absolute Gasteiger partial charge is 0.447 e. The molecule has 0 fully saturated rings. The molecule has 0 heterocycles. The molecule has 0 unspecified atom stereocenters. The van der Waals surface area contributed by atoms with Crippen molar-refractivity contribution in [1.29, 1.82) is 0 Å². The molecule has 2 aromatic rings. The summed E-state index contributed by atoms with van der Waals surface area (Å²) in [6.45, 7) is 1.97. The average molecular weight is 394 g/mol. The Labute approximate surface area is 147 Å². The predicted molar refractivity (Wildman–Crippen MR) is 94.1 cm³/mol. The number of rotatable bonds is 6. The average Bonchev–Trinajstić information content (AvgIpc) is 2.52. The first-order valence-electron chi connectivity index (χ1n) is 6.90. The Bertz CT molecular complexity index is 706. The number of hydrogen-bond acceptors (Lipinski definition) is 4. The van der Waals surface area contributed by atoms with Gasteiger partial charge in [-0.25, -0.2) is 0 Å². The molecule has 0 aliphatic heterocycles. The van der Waals surface area contributed by atoms with Gasteiger partial charge in [0.2, 0.25) is 6.10 Å². The van der Waals surface area contributed by atoms with Crippen LogP contribution in [0.3, 0.4) is 0 Å². The Morgan fingerprint density at radius 3 is 2.52 bits per heavy atom. The van der Waals surface area contributed by atoms with Gasteiger partial charge in [0.15, 0.2) is 0 Å². The minimum atomic E-state index is -1.06. The molecular weight excluding hydrogens is 378 g/mol. The normalized spacial score (nSPS) is 11.7. The third-order valence-corrected chi connectivity index (χ3v) is 4.73. The van der Waals surface area contributed by atoms with Gasteiger partial charge in [-0.2, -0.15) is 0 Å². The van der Waals surface area contributed by atoms with Crippen LogP contribution in [0.15, 0.2) is 57.9 Å². The molecule has 4 nitrogen and oxygen atoms in total. The number of esters is 1. The Hall–Kier alpha value is -1.79. The van der Waals surface area contributed by atoms with Crippen LogP contribution in [-0.2, 0) is 14.3 Å². The summed E-state index contributed by atoms with van der Waals surface area (Å²) in [5, 5.41) is 0. The van der Waals surface area contributed by atoms with Crippen LogP contribution in [0.2, 0.25) is 0 Å². The summed E-state index contributed by atoms with van der Waals surface area (Å²) < 4.78 is 6.23. The number of benzene rings is 2. The standard InChI is InChI=1S/C17H16BrNO3S/c1-11-9-13(18)7-8-14(11)23-10-15(20)22-16(17(19)21)12-5-3-2-4-6-12/h2-9,16H,10H2,1H3,(H2,19,21)/t16-/m1/s1. The fourth-order valence-electron chi connectivity index (χ4n) is 2.00. The van der Waals surface area contributed by atoms with E-state index in [1.807, 2.05) is 31.2 Å². The van der Waals surface area contributed by atoms with Crippen LogP contribution in [0, 0.1) is 6.92 Å². The molecule has 2 aromatic carbocycles. The van der Waals surface area contributed by atoms with Crippen molar-refractivity contribution in [1.82, 2.24) is 0 Å². The molecule has 23 heavy (non-hydrogen) atoms. The van der Waals surface area contributed by atoms with E-state index in [1.165, 1.54) is 11.8 Å². The summed E-state index contributed by atoms with van der Waals surface area (Å²) in [5.41, 5.74) is 6.97. The van der Waals surface area contributed by atoms with Gasteiger partial charge >= 0.3 is 5.97 Å². The van der Waals surface area contributed by atoms with Gasteiger partial charge in [0.05, 0.1) is 5.75 Å². The van der Waals surface area contributed by atoms with Crippen LogP contribution in [0.5, 0.6) is 0 Å². The second kappa shape index (κ2) is 8.17. The van der Waals surface area contributed by atoms with E-state index in [4.69, 9.17) is 10.5 Å². The molecule has 1 amide bonds. The number of thioether (sulfide) groups is 1. The molecular formula is C17H16BrNO3S. The lowest BCUT2D eigenvalue weighted by Gasteiger charge is -2.15. The molecule has 120 valence electrons. The van der Waals surface area contributed by atoms with Crippen molar-refractivity contribution in [2.45, 2.75) is 17.9 Å². The third kappa shape index (κ3) is 5.11. The number of aryl methyl sites for hydroxylation is 1. The Kier molecular flexibility index (Phi) is 6.24. The van der Waals surface area contributed by atoms with Crippen molar-refractivity contribution < 1.29 is 14.3 Å². The molecule has 0 radical (unpaired) electrons. The van der Waals surface area contributed by atoms with Crippen molar-refractivity contribution >= 4 is 39.6 Å². The fraction of sp³-hybridized carbons (Fsp3) is 0.176. The summed E-state index contributed by atoms with van der Waals surface area (Å²) in [4.78, 5) is 24.5. The van der Waals surface area contributed by atoms with Gasteiger partial charge in [-0.1, -0.05) is 46.3 Å². The minimum Gasteiger partial charge on any atom is -0.447 e. The van der Waals surface area contributed by atoms with E-state index in [0.29, 0.717) is 5.56 Å². The number of amides is 1. The minimum absolute atomic E-state index is 0.110. The van der Waals surface area contributed by atoms with E-state index in [1.54, 1.807) is 24.3 Å². The van der Waals surface area contributed by atoms with Crippen molar-refractivity contribution in [3.8, 4) is 0 Å². The molecule has 2 rings (SSSR count). The maximum atomic E-state index is 12.0. The highest BCUT2D eigenvalue weighted by atomic mass is 79.9. The highest BCUT2D eigenvalue weighted by Crippen LogP contribution is 2.26. The number of nitrogens with two attached hydrogens (primary N) is 1. The van der Waals surface area contributed by atoms with Gasteiger partial charge < -0.3 is 10.5 Å². The smallest absolute Gasteiger partial charge is 0.317 e. The Morgan fingerprint density at radius 2 is 1.91 bits per heavy atom. The zero-order chi connectivity index (χ0) is 16.8. The summed E-state index contributed by atoms with van der Waals surface area (Å²) in [7, 11) is 0. The fourth-order valence-corrected chi connectivity index (χ4v) is 3.26. The predicted octanol–water partition coefficient (Wildman–Crippen LogP) is 3.62. The second-order valence-electron chi connectivity index (χ2n) is 4.88. The number of carbonyl (C=O) groups is 2. The number of primary amides is 1. The summed E-state index contributed by atoms with van der Waals surface area (Å²) >= 11 is 4.76. The molecule has 0 aromatic heterocycles. The van der Waals surface area contributed by atoms with Crippen molar-refractivity contribution in [3.05, 3.63) is 64.1 Å². The van der Waals surface area contributed by atoms with Crippen molar-refractivity contribution in [3.63, 3.8) is 0 Å². The molecule has 2 N–H and O–H groups in total. The van der Waals surface area contributed by atoms with Crippen LogP contribution >= 0.6 is 27.7 Å². The molecule has 1 atom stereocenters. The maximum absolute atomic E-state index is 12.0. The van der Waals surface area contributed by atoms with Crippen molar-refractivity contribution in [2.75, 3.05) is 5.75 Å². The van der Waals surface area contributed by atoms with Gasteiger partial charge in [0.25, 0.3) is 5.91 Å². The molecule has 0 spiro atoms. The molecule has 0 aliphatic rings. The van der Waals surface area contributed by atoms with Gasteiger partial charge in [-0.3, -0.25) is 9.59 Å². The molecule has 0 aliphatic carbocycles. The monoisotopic (exact) mass is 393 g/mol. The Balaban J connectivity index is 1.98. The zero-order valence-electron chi connectivity index (χ0n) is 12.5. The first-order chi connectivity index (χ1) is 11.0. The van der Waals surface area contributed by atoms with Crippen molar-refractivity contribution in [2.24, 2.45) is 5.73 Å². The van der Waals surface area contributed by atoms with Gasteiger partial charge in [0.1, 0.15) is 0 Å². The molecule has 0 bridgehead atoms. The van der Waals surface area contributed by atoms with E-state index in [9.17, 15) is 9.59 Å². The van der Waals surface area contributed by atoms with Crippen LogP contribution < -0.4 is 5.73 Å². The topological polar surface area (TPSA) is 69.4 Å². The summed E-state index contributed by atoms with van der Waals surface area (Å²) in [6.07, 6.45) is -1.06. The van der Waals surface area contributed by atoms with E-state index >= 15 is 0 Å². The van der Waals surface area contributed by atoms with Gasteiger partial charge in [-0.15, -0.1) is 11.8 Å². The first-order valence-corrected chi connectivity index (χ1v) is 8.68. The maximum Gasteiger partial charge on any atom is 0.317 e. The van der Waals surface area contributed by atoms with E-state index in [-0.39, 0.29) is 5.75 Å². The second-order valence-corrected chi connectivity index (χ2v) is 6.81. The number of halogens is 1. The van der Waals surface area contributed by atoms with E-state index < -0.39 is 18.0 Å². The van der Waals surface area contributed by atoms with Gasteiger partial charge in [-0.05, 0) is 30.7 Å². The van der Waals surface area contributed by atoms with Crippen LogP contribution in [-0.4, -0.2) is 17.6 Å². The summed E-state index contributed by atoms with van der Waals surface area (Å²) in [6, 6.07) is 14.6. The van der Waals surface area contributed by atoms with Crippen LogP contribution in [0.25, 0.3) is 0 Å². The van der Waals surface area contributed by atoms with E-state index in [0.717, 1.165) is 14.9 Å². The molecule has 0 saturated heterocycles. The molecule has 0 saturated carbocycles. The zero-order valence-corrected chi connectivity index (χ0v) is 14.9. The lowest BCUT2D eigenvalue weighted by molar-refractivity contribution is -0.152. The SMILES string of the molecule is Cc1cc(Br)ccc1SCC(=O)O[C@@H](C(N)=O)c1ccccc1. The lowest BCUT2D eigenvalue weighted by Crippen LogP contribution is -2.26. The molecule has 6 heteroatoms.